The van der Waals surface area contributed by atoms with Gasteiger partial charge in [-0.25, -0.2) is 14.1 Å². The van der Waals surface area contributed by atoms with Crippen LogP contribution >= 0.6 is 0 Å². The number of nitrogens with one attached hydrogen (secondary N) is 1. The summed E-state index contributed by atoms with van der Waals surface area (Å²) in [5.74, 6) is -0.247. The molecule has 10 heteroatoms. The molecule has 0 radical (unpaired) electrons. The molecule has 1 fully saturated rings. The zero-order chi connectivity index (χ0) is 28.2. The number of ether oxygens (including phenoxy) is 4. The topological polar surface area (TPSA) is 103 Å². The molecule has 3 aromatic rings. The molecule has 1 saturated heterocycles. The largest absolute Gasteiger partial charge is 0.490 e. The summed E-state index contributed by atoms with van der Waals surface area (Å²) < 4.78 is 35.9. The summed E-state index contributed by atoms with van der Waals surface area (Å²) in [6.07, 6.45) is 3.48. The van der Waals surface area contributed by atoms with Crippen LogP contribution in [0.25, 0.3) is 6.08 Å². The van der Waals surface area contributed by atoms with Crippen molar-refractivity contribution in [2.24, 2.45) is 0 Å². The summed E-state index contributed by atoms with van der Waals surface area (Å²) in [5.41, 5.74) is 1.91. The zero-order valence-corrected chi connectivity index (χ0v) is 21.6. The summed E-state index contributed by atoms with van der Waals surface area (Å²) in [6.45, 7) is 6.15. The fourth-order valence-electron chi connectivity index (χ4n) is 4.32. The van der Waals surface area contributed by atoms with E-state index in [1.165, 1.54) is 30.3 Å². The molecule has 0 atom stereocenters. The number of carbonyl (C=O) groups is 3. The van der Waals surface area contributed by atoms with Gasteiger partial charge in [0, 0.05) is 11.6 Å². The Morgan fingerprint density at radius 1 is 1.02 bits per heavy atom. The van der Waals surface area contributed by atoms with Gasteiger partial charge < -0.3 is 18.9 Å². The van der Waals surface area contributed by atoms with Gasteiger partial charge in [0.15, 0.2) is 23.0 Å². The van der Waals surface area contributed by atoms with Crippen LogP contribution in [-0.2, 0) is 22.6 Å². The number of hydrogen-bond donors (Lipinski definition) is 1. The Morgan fingerprint density at radius 2 is 1.80 bits per heavy atom. The molecule has 9 nitrogen and oxygen atoms in total. The van der Waals surface area contributed by atoms with Crippen molar-refractivity contribution in [1.82, 2.24) is 5.32 Å². The van der Waals surface area contributed by atoms with Crippen molar-refractivity contribution in [1.29, 1.82) is 0 Å². The number of carbonyl (C=O) groups excluding carboxylic acids is 3. The van der Waals surface area contributed by atoms with Gasteiger partial charge in [-0.1, -0.05) is 18.2 Å². The number of amides is 4. The number of urea groups is 1. The van der Waals surface area contributed by atoms with Crippen molar-refractivity contribution < 1.29 is 37.7 Å². The van der Waals surface area contributed by atoms with E-state index in [9.17, 15) is 18.8 Å². The number of nitrogens with zero attached hydrogens (tertiary/aromatic N) is 1. The van der Waals surface area contributed by atoms with Crippen molar-refractivity contribution in [2.45, 2.75) is 20.0 Å². The van der Waals surface area contributed by atoms with Crippen LogP contribution < -0.4 is 29.2 Å². The number of halogens is 1. The quantitative estimate of drug-likeness (QED) is 0.232. The van der Waals surface area contributed by atoms with Crippen LogP contribution in [-0.4, -0.2) is 31.2 Å². The SMILES string of the molecule is C=CCc1cc(/C=C2\C(=O)NC(=O)N(c3ccc4c(c3)OCO4)C2=O)cc(OCC)c1OCc1ccc(F)cc1. The first-order valence-corrected chi connectivity index (χ1v) is 12.5. The maximum absolute atomic E-state index is 13.4. The van der Waals surface area contributed by atoms with E-state index < -0.39 is 17.8 Å². The Kier molecular flexibility index (Phi) is 7.50. The monoisotopic (exact) mass is 544 g/mol. The minimum atomic E-state index is -0.877. The van der Waals surface area contributed by atoms with E-state index in [1.54, 1.807) is 36.4 Å². The van der Waals surface area contributed by atoms with Gasteiger partial charge in [0.2, 0.25) is 6.79 Å². The number of hydrogen-bond acceptors (Lipinski definition) is 7. The lowest BCUT2D eigenvalue weighted by Gasteiger charge is -2.26. The van der Waals surface area contributed by atoms with E-state index in [0.717, 1.165) is 10.5 Å². The van der Waals surface area contributed by atoms with Crippen molar-refractivity contribution in [3.8, 4) is 23.0 Å². The Bertz CT molecular complexity index is 1530. The predicted octanol–water partition coefficient (Wildman–Crippen LogP) is 4.93. The number of imide groups is 2. The highest BCUT2D eigenvalue weighted by atomic mass is 19.1. The molecule has 5 rings (SSSR count). The first kappa shape index (κ1) is 26.5. The van der Waals surface area contributed by atoms with E-state index in [-0.39, 0.29) is 30.5 Å². The lowest BCUT2D eigenvalue weighted by atomic mass is 10.0. The first-order valence-electron chi connectivity index (χ1n) is 12.5. The normalized spacial score (nSPS) is 15.3. The highest BCUT2D eigenvalue weighted by Gasteiger charge is 2.37. The molecule has 0 bridgehead atoms. The van der Waals surface area contributed by atoms with Gasteiger partial charge in [0.25, 0.3) is 11.8 Å². The third-order valence-electron chi connectivity index (χ3n) is 6.14. The zero-order valence-electron chi connectivity index (χ0n) is 21.6. The number of benzene rings is 3. The van der Waals surface area contributed by atoms with Gasteiger partial charge in [-0.2, -0.15) is 0 Å². The number of barbiturate groups is 1. The van der Waals surface area contributed by atoms with Gasteiger partial charge >= 0.3 is 6.03 Å². The molecule has 0 aliphatic carbocycles. The molecule has 1 N–H and O–H groups in total. The third-order valence-corrected chi connectivity index (χ3v) is 6.14. The Labute approximate surface area is 229 Å². The summed E-state index contributed by atoms with van der Waals surface area (Å²) in [7, 11) is 0. The Morgan fingerprint density at radius 3 is 2.55 bits per heavy atom. The second kappa shape index (κ2) is 11.3. The molecule has 204 valence electrons. The molecule has 0 saturated carbocycles. The van der Waals surface area contributed by atoms with E-state index in [0.29, 0.717) is 47.2 Å². The van der Waals surface area contributed by atoms with Crippen LogP contribution in [0.1, 0.15) is 23.6 Å². The number of allylic oxidation sites excluding steroid dienone is 1. The minimum absolute atomic E-state index is 0.0292. The third kappa shape index (κ3) is 5.37. The van der Waals surface area contributed by atoms with Crippen LogP contribution in [0.5, 0.6) is 23.0 Å². The van der Waals surface area contributed by atoms with Crippen LogP contribution in [0.15, 0.2) is 72.8 Å². The predicted molar refractivity (Wildman–Crippen MR) is 144 cm³/mol. The van der Waals surface area contributed by atoms with Gasteiger partial charge in [-0.3, -0.25) is 14.9 Å². The Balaban J connectivity index is 1.49. The lowest BCUT2D eigenvalue weighted by molar-refractivity contribution is -0.122. The summed E-state index contributed by atoms with van der Waals surface area (Å²) >= 11 is 0. The van der Waals surface area contributed by atoms with Gasteiger partial charge in [-0.05, 0) is 66.9 Å². The van der Waals surface area contributed by atoms with Crippen LogP contribution in [0.3, 0.4) is 0 Å². The van der Waals surface area contributed by atoms with Crippen molar-refractivity contribution in [3.05, 3.63) is 95.3 Å². The van der Waals surface area contributed by atoms with Crippen molar-refractivity contribution >= 4 is 29.6 Å². The van der Waals surface area contributed by atoms with E-state index in [4.69, 9.17) is 18.9 Å². The summed E-state index contributed by atoms with van der Waals surface area (Å²) in [6, 6.07) is 13.1. The summed E-state index contributed by atoms with van der Waals surface area (Å²) in [5, 5.41) is 2.22. The van der Waals surface area contributed by atoms with Crippen LogP contribution in [0.2, 0.25) is 0 Å². The lowest BCUT2D eigenvalue weighted by Crippen LogP contribution is -2.54. The van der Waals surface area contributed by atoms with Crippen molar-refractivity contribution in [3.63, 3.8) is 0 Å². The number of fused-ring (bicyclic) bond motifs is 1. The first-order chi connectivity index (χ1) is 19.4. The molecule has 0 unspecified atom stereocenters. The number of anilines is 1. The van der Waals surface area contributed by atoms with E-state index in [2.05, 4.69) is 11.9 Å². The van der Waals surface area contributed by atoms with Crippen molar-refractivity contribution in [2.75, 3.05) is 18.3 Å². The molecule has 40 heavy (non-hydrogen) atoms. The van der Waals surface area contributed by atoms with Crippen LogP contribution in [0, 0.1) is 5.82 Å². The highest BCUT2D eigenvalue weighted by molar-refractivity contribution is 6.39. The number of rotatable bonds is 9. The molecule has 0 aromatic heterocycles. The molecule has 0 spiro atoms. The fraction of sp³-hybridized carbons (Fsp3) is 0.167. The molecule has 2 heterocycles. The smallest absolute Gasteiger partial charge is 0.335 e. The molecular weight excluding hydrogens is 519 g/mol. The average Bonchev–Trinajstić information content (AvgIpc) is 3.40. The molecule has 4 amide bonds. The van der Waals surface area contributed by atoms with E-state index >= 15 is 0 Å². The Hall–Kier alpha value is -5.12. The molecule has 2 aliphatic heterocycles. The molecular formula is C30H25FN2O7. The van der Waals surface area contributed by atoms with Gasteiger partial charge in [0.05, 0.1) is 12.3 Å². The standard InChI is InChI=1S/C30H25FN2O7/c1-3-5-20-12-19(14-26(37-4-2)27(20)38-16-18-6-8-21(31)9-7-18)13-23-28(34)32-30(36)33(29(23)35)22-10-11-24-25(15-22)40-17-39-24/h3,6-15H,1,4-5,16-17H2,2H3,(H,32,34,36)/b23-13+. The highest BCUT2D eigenvalue weighted by Crippen LogP contribution is 2.38. The minimum Gasteiger partial charge on any atom is -0.490 e. The fourth-order valence-corrected chi connectivity index (χ4v) is 4.32. The molecule has 2 aliphatic rings. The maximum Gasteiger partial charge on any atom is 0.335 e. The average molecular weight is 545 g/mol. The van der Waals surface area contributed by atoms with Gasteiger partial charge in [0.1, 0.15) is 18.0 Å². The van der Waals surface area contributed by atoms with Crippen LogP contribution in [0.4, 0.5) is 14.9 Å². The summed E-state index contributed by atoms with van der Waals surface area (Å²) in [4.78, 5) is 39.7. The molecule has 3 aromatic carbocycles. The second-order valence-electron chi connectivity index (χ2n) is 8.84. The van der Waals surface area contributed by atoms with Gasteiger partial charge in [-0.15, -0.1) is 6.58 Å². The van der Waals surface area contributed by atoms with E-state index in [1.807, 2.05) is 6.92 Å². The maximum atomic E-state index is 13.4. The second-order valence-corrected chi connectivity index (χ2v) is 8.84.